The number of hydrogen-bond donors (Lipinski definition) is 1. The molecule has 1 aliphatic heterocycles. The molecule has 1 N–H and O–H groups in total. The number of nitrogens with zero attached hydrogens (tertiary/aromatic N) is 2. The quantitative estimate of drug-likeness (QED) is 0.821. The summed E-state index contributed by atoms with van der Waals surface area (Å²) in [6, 6.07) is 12.7. The van der Waals surface area contributed by atoms with E-state index in [9.17, 15) is 10.1 Å². The molecule has 26 heavy (non-hydrogen) atoms. The van der Waals surface area contributed by atoms with Gasteiger partial charge < -0.3 is 14.8 Å². The van der Waals surface area contributed by atoms with Crippen molar-refractivity contribution >= 4 is 28.9 Å². The highest BCUT2D eigenvalue weighted by atomic mass is 35.5. The lowest BCUT2D eigenvalue weighted by Crippen LogP contribution is -2.14. The zero-order valence-electron chi connectivity index (χ0n) is 14.1. The highest BCUT2D eigenvalue weighted by Crippen LogP contribution is 2.32. The van der Waals surface area contributed by atoms with Crippen LogP contribution in [0.3, 0.4) is 0 Å². The highest BCUT2D eigenvalue weighted by molar-refractivity contribution is 6.36. The summed E-state index contributed by atoms with van der Waals surface area (Å²) in [5.41, 5.74) is 2.75. The fourth-order valence-electron chi connectivity index (χ4n) is 2.63. The van der Waals surface area contributed by atoms with Crippen molar-refractivity contribution in [1.82, 2.24) is 0 Å². The number of methoxy groups -OCH3 is 1. The third kappa shape index (κ3) is 3.69. The predicted molar refractivity (Wildman–Crippen MR) is 99.1 cm³/mol. The molecule has 6 nitrogen and oxygen atoms in total. The topological polar surface area (TPSA) is 83.7 Å². The molecule has 0 saturated heterocycles. The fraction of sp³-hybridized carbons (Fsp3) is 0.211. The fourth-order valence-corrected chi connectivity index (χ4v) is 2.86. The lowest BCUT2D eigenvalue weighted by Gasteiger charge is -2.15. The number of halogens is 1. The molecule has 0 radical (unpaired) electrons. The first kappa shape index (κ1) is 17.9. The van der Waals surface area contributed by atoms with Crippen LogP contribution in [-0.2, 0) is 9.53 Å². The summed E-state index contributed by atoms with van der Waals surface area (Å²) in [6.07, 6.45) is 0. The van der Waals surface area contributed by atoms with Crippen molar-refractivity contribution in [2.45, 2.75) is 0 Å². The summed E-state index contributed by atoms with van der Waals surface area (Å²) >= 11 is 6.31. The van der Waals surface area contributed by atoms with Gasteiger partial charge in [0.15, 0.2) is 0 Å². The van der Waals surface area contributed by atoms with E-state index in [1.807, 2.05) is 18.2 Å². The van der Waals surface area contributed by atoms with Crippen molar-refractivity contribution < 1.29 is 14.3 Å². The van der Waals surface area contributed by atoms with E-state index in [-0.39, 0.29) is 12.5 Å². The Morgan fingerprint density at radius 2 is 2.08 bits per heavy atom. The number of nitrogens with one attached hydrogen (secondary N) is 1. The van der Waals surface area contributed by atoms with Gasteiger partial charge in [-0.3, -0.25) is 9.79 Å². The normalized spacial score (nSPS) is 13.1. The lowest BCUT2D eigenvalue weighted by atomic mass is 9.98. The monoisotopic (exact) mass is 369 g/mol. The molecule has 3 rings (SSSR count). The minimum absolute atomic E-state index is 0.0308. The van der Waals surface area contributed by atoms with Gasteiger partial charge in [0.1, 0.15) is 25.0 Å². The van der Waals surface area contributed by atoms with Crippen LogP contribution in [0.15, 0.2) is 41.4 Å². The molecule has 7 heteroatoms. The summed E-state index contributed by atoms with van der Waals surface area (Å²) in [6.45, 7) is 0.654. The van der Waals surface area contributed by atoms with Crippen molar-refractivity contribution in [3.05, 3.63) is 58.1 Å². The second kappa shape index (κ2) is 8.00. The minimum Gasteiger partial charge on any atom is -0.490 e. The number of nitriles is 1. The molecular weight excluding hydrogens is 354 g/mol. The number of ether oxygens (including phenoxy) is 2. The van der Waals surface area contributed by atoms with E-state index in [1.54, 1.807) is 25.3 Å². The second-order valence-corrected chi connectivity index (χ2v) is 5.95. The SMILES string of the molecule is COCCOc1cc2c(cc1C#N)C(c1ccccc1Cl)=NCC(=O)N2. The Labute approximate surface area is 156 Å². The number of amides is 1. The number of carbonyl (C=O) groups excluding carboxylic acids is 1. The van der Waals surface area contributed by atoms with E-state index in [0.29, 0.717) is 52.1 Å². The van der Waals surface area contributed by atoms with Crippen molar-refractivity contribution in [2.24, 2.45) is 4.99 Å². The standard InChI is InChI=1S/C19H16ClN3O3/c1-25-6-7-26-17-9-16-14(8-12(17)10-21)19(22-11-18(24)23-16)13-4-2-3-5-15(13)20/h2-5,8-9H,6-7,11H2,1H3,(H,23,24). The first-order valence-corrected chi connectivity index (χ1v) is 8.31. The molecule has 0 unspecified atom stereocenters. The Hall–Kier alpha value is -2.88. The van der Waals surface area contributed by atoms with Gasteiger partial charge in [0.25, 0.3) is 0 Å². The maximum absolute atomic E-state index is 12.1. The molecule has 0 spiro atoms. The number of rotatable bonds is 5. The van der Waals surface area contributed by atoms with Crippen LogP contribution in [0.5, 0.6) is 5.75 Å². The maximum Gasteiger partial charge on any atom is 0.246 e. The molecule has 0 bridgehead atoms. The molecule has 1 aliphatic rings. The number of aliphatic imine (C=N–C) groups is 1. The molecule has 1 heterocycles. The average Bonchev–Trinajstić information content (AvgIpc) is 2.79. The number of carbonyl (C=O) groups is 1. The van der Waals surface area contributed by atoms with E-state index >= 15 is 0 Å². The second-order valence-electron chi connectivity index (χ2n) is 5.54. The molecule has 1 amide bonds. The Kier molecular flexibility index (Phi) is 5.52. The van der Waals surface area contributed by atoms with Gasteiger partial charge in [0, 0.05) is 29.3 Å². The number of benzodiazepines with no additional fused rings is 1. The first-order valence-electron chi connectivity index (χ1n) is 7.93. The molecule has 132 valence electrons. The van der Waals surface area contributed by atoms with Crippen molar-refractivity contribution in [3.63, 3.8) is 0 Å². The average molecular weight is 370 g/mol. The molecule has 0 aliphatic carbocycles. The van der Waals surface area contributed by atoms with Crippen molar-refractivity contribution in [1.29, 1.82) is 5.26 Å². The largest absolute Gasteiger partial charge is 0.490 e. The van der Waals surface area contributed by atoms with E-state index < -0.39 is 0 Å². The summed E-state index contributed by atoms with van der Waals surface area (Å²) in [5, 5.41) is 12.8. The molecule has 0 aromatic heterocycles. The van der Waals surface area contributed by atoms with E-state index in [1.165, 1.54) is 0 Å². The summed E-state index contributed by atoms with van der Waals surface area (Å²) < 4.78 is 10.6. The van der Waals surface area contributed by atoms with Crippen LogP contribution in [0.25, 0.3) is 0 Å². The summed E-state index contributed by atoms with van der Waals surface area (Å²) in [7, 11) is 1.57. The number of benzene rings is 2. The van der Waals surface area contributed by atoms with Gasteiger partial charge in [-0.05, 0) is 12.1 Å². The Bertz CT molecular complexity index is 919. The van der Waals surface area contributed by atoms with Crippen LogP contribution in [0.1, 0.15) is 16.7 Å². The first-order chi connectivity index (χ1) is 12.6. The van der Waals surface area contributed by atoms with Gasteiger partial charge in [0.05, 0.1) is 23.6 Å². The van der Waals surface area contributed by atoms with Gasteiger partial charge in [-0.1, -0.05) is 29.8 Å². The van der Waals surface area contributed by atoms with Crippen LogP contribution in [0.4, 0.5) is 5.69 Å². The number of anilines is 1. The van der Waals surface area contributed by atoms with Crippen molar-refractivity contribution in [3.8, 4) is 11.8 Å². The summed E-state index contributed by atoms with van der Waals surface area (Å²) in [5.74, 6) is 0.130. The zero-order chi connectivity index (χ0) is 18.5. The predicted octanol–water partition coefficient (Wildman–Crippen LogP) is 3.03. The Morgan fingerprint density at radius 3 is 2.81 bits per heavy atom. The Balaban J connectivity index is 2.11. The van der Waals surface area contributed by atoms with Crippen LogP contribution in [-0.4, -0.2) is 38.5 Å². The van der Waals surface area contributed by atoms with Gasteiger partial charge >= 0.3 is 0 Å². The molecule has 0 fully saturated rings. The molecule has 2 aromatic carbocycles. The van der Waals surface area contributed by atoms with Gasteiger partial charge in [-0.25, -0.2) is 0 Å². The molecular formula is C19H16ClN3O3. The molecule has 0 saturated carbocycles. The number of hydrogen-bond acceptors (Lipinski definition) is 5. The minimum atomic E-state index is -0.249. The highest BCUT2D eigenvalue weighted by Gasteiger charge is 2.22. The summed E-state index contributed by atoms with van der Waals surface area (Å²) in [4.78, 5) is 16.5. The Morgan fingerprint density at radius 1 is 1.27 bits per heavy atom. The van der Waals surface area contributed by atoms with Crippen molar-refractivity contribution in [2.75, 3.05) is 32.2 Å². The smallest absolute Gasteiger partial charge is 0.246 e. The van der Waals surface area contributed by atoms with E-state index in [4.69, 9.17) is 21.1 Å². The van der Waals surface area contributed by atoms with Crippen LogP contribution >= 0.6 is 11.6 Å². The van der Waals surface area contributed by atoms with Gasteiger partial charge in [0.2, 0.25) is 5.91 Å². The zero-order valence-corrected chi connectivity index (χ0v) is 14.8. The third-order valence-corrected chi connectivity index (χ3v) is 4.15. The van der Waals surface area contributed by atoms with Crippen LogP contribution < -0.4 is 10.1 Å². The van der Waals surface area contributed by atoms with E-state index in [0.717, 1.165) is 0 Å². The van der Waals surface area contributed by atoms with E-state index in [2.05, 4.69) is 16.4 Å². The molecule has 2 aromatic rings. The molecule has 0 atom stereocenters. The van der Waals surface area contributed by atoms with Gasteiger partial charge in [-0.2, -0.15) is 5.26 Å². The van der Waals surface area contributed by atoms with Crippen LogP contribution in [0, 0.1) is 11.3 Å². The van der Waals surface area contributed by atoms with Crippen LogP contribution in [0.2, 0.25) is 5.02 Å². The number of fused-ring (bicyclic) bond motifs is 1. The lowest BCUT2D eigenvalue weighted by molar-refractivity contribution is -0.114. The van der Waals surface area contributed by atoms with Gasteiger partial charge in [-0.15, -0.1) is 0 Å². The third-order valence-electron chi connectivity index (χ3n) is 3.82. The maximum atomic E-state index is 12.1.